The summed E-state index contributed by atoms with van der Waals surface area (Å²) in [5.74, 6) is 2.28. The molecule has 7 heteroatoms. The lowest BCUT2D eigenvalue weighted by molar-refractivity contribution is 0.185. The van der Waals surface area contributed by atoms with Crippen LogP contribution >= 0.6 is 22.9 Å². The zero-order valence-electron chi connectivity index (χ0n) is 15.7. The van der Waals surface area contributed by atoms with Gasteiger partial charge in [-0.2, -0.15) is 0 Å². The van der Waals surface area contributed by atoms with Crippen LogP contribution in [0.15, 0.2) is 24.3 Å². The van der Waals surface area contributed by atoms with Crippen molar-refractivity contribution in [2.45, 2.75) is 39.7 Å². The average Bonchev–Trinajstić information content (AvgIpc) is 3.04. The maximum Gasteiger partial charge on any atom is 0.189 e. The van der Waals surface area contributed by atoms with Gasteiger partial charge in [-0.05, 0) is 49.5 Å². The Balaban J connectivity index is 1.50. The van der Waals surface area contributed by atoms with E-state index in [4.69, 9.17) is 11.6 Å². The second kappa shape index (κ2) is 8.09. The highest BCUT2D eigenvalue weighted by molar-refractivity contribution is 7.22. The van der Waals surface area contributed by atoms with Gasteiger partial charge >= 0.3 is 0 Å². The molecule has 1 aliphatic heterocycles. The smallest absolute Gasteiger partial charge is 0.189 e. The van der Waals surface area contributed by atoms with Crippen LogP contribution in [-0.2, 0) is 13.0 Å². The van der Waals surface area contributed by atoms with E-state index in [0.717, 1.165) is 35.4 Å². The number of nitrogens with one attached hydrogen (secondary N) is 1. The van der Waals surface area contributed by atoms with Gasteiger partial charge < -0.3 is 5.32 Å². The van der Waals surface area contributed by atoms with Crippen molar-refractivity contribution in [2.24, 2.45) is 5.92 Å². The van der Waals surface area contributed by atoms with E-state index in [9.17, 15) is 0 Å². The highest BCUT2D eigenvalue weighted by atomic mass is 35.5. The first kappa shape index (κ1) is 18.6. The number of benzene rings is 1. The second-order valence-corrected chi connectivity index (χ2v) is 8.67. The monoisotopic (exact) mass is 401 g/mol. The quantitative estimate of drug-likeness (QED) is 0.589. The molecule has 0 unspecified atom stereocenters. The molecule has 1 aliphatic rings. The van der Waals surface area contributed by atoms with Crippen molar-refractivity contribution in [1.82, 2.24) is 19.9 Å². The summed E-state index contributed by atoms with van der Waals surface area (Å²) < 4.78 is 1.19. The van der Waals surface area contributed by atoms with Gasteiger partial charge in [0.25, 0.3) is 0 Å². The summed E-state index contributed by atoms with van der Waals surface area (Å²) in [5.41, 5.74) is 2.36. The zero-order chi connectivity index (χ0) is 18.8. The molecule has 1 saturated heterocycles. The van der Waals surface area contributed by atoms with E-state index in [1.165, 1.54) is 36.2 Å². The lowest BCUT2D eigenvalue weighted by Gasteiger charge is -2.30. The summed E-state index contributed by atoms with van der Waals surface area (Å²) >= 11 is 7.73. The van der Waals surface area contributed by atoms with E-state index < -0.39 is 0 Å². The van der Waals surface area contributed by atoms with Crippen LogP contribution < -0.4 is 5.32 Å². The predicted molar refractivity (Wildman–Crippen MR) is 113 cm³/mol. The molecular formula is C20H24ClN5S. The molecule has 5 nitrogen and oxygen atoms in total. The number of hydrogen-bond acceptors (Lipinski definition) is 6. The van der Waals surface area contributed by atoms with Crippen molar-refractivity contribution >= 4 is 44.1 Å². The molecule has 0 atom stereocenters. The zero-order valence-corrected chi connectivity index (χ0v) is 17.3. The van der Waals surface area contributed by atoms with Crippen molar-refractivity contribution in [3.63, 3.8) is 0 Å². The fourth-order valence-electron chi connectivity index (χ4n) is 3.40. The van der Waals surface area contributed by atoms with Gasteiger partial charge in [-0.1, -0.05) is 42.9 Å². The van der Waals surface area contributed by atoms with Gasteiger partial charge in [-0.15, -0.1) is 0 Å². The normalized spacial score (nSPS) is 16.1. The summed E-state index contributed by atoms with van der Waals surface area (Å²) in [5, 5.41) is 4.55. The number of anilines is 2. The molecule has 142 valence electrons. The Labute approximate surface area is 168 Å². The molecule has 0 radical (unpaired) electrons. The van der Waals surface area contributed by atoms with Crippen molar-refractivity contribution in [1.29, 1.82) is 0 Å². The van der Waals surface area contributed by atoms with Crippen LogP contribution in [-0.4, -0.2) is 32.9 Å². The molecular weight excluding hydrogens is 378 g/mol. The summed E-state index contributed by atoms with van der Waals surface area (Å²) in [6, 6.07) is 8.31. The summed E-state index contributed by atoms with van der Waals surface area (Å²) in [7, 11) is 0. The number of piperidine rings is 1. The first-order chi connectivity index (χ1) is 13.1. The lowest BCUT2D eigenvalue weighted by Crippen LogP contribution is -2.32. The first-order valence-electron chi connectivity index (χ1n) is 9.51. The molecule has 0 spiro atoms. The number of aryl methyl sites for hydroxylation is 1. The van der Waals surface area contributed by atoms with Gasteiger partial charge in [0.1, 0.15) is 16.8 Å². The fourth-order valence-corrected chi connectivity index (χ4v) is 4.53. The maximum absolute atomic E-state index is 6.08. The number of rotatable bonds is 5. The van der Waals surface area contributed by atoms with E-state index in [-0.39, 0.29) is 0 Å². The Morgan fingerprint density at radius 2 is 2.00 bits per heavy atom. The van der Waals surface area contributed by atoms with Crippen LogP contribution in [0.3, 0.4) is 0 Å². The minimum absolute atomic E-state index is 0.448. The average molecular weight is 402 g/mol. The van der Waals surface area contributed by atoms with Gasteiger partial charge in [0, 0.05) is 19.0 Å². The van der Waals surface area contributed by atoms with Crippen LogP contribution in [0.25, 0.3) is 10.2 Å². The molecule has 0 saturated carbocycles. The Bertz CT molecular complexity index is 933. The van der Waals surface area contributed by atoms with Crippen molar-refractivity contribution in [3.8, 4) is 0 Å². The summed E-state index contributed by atoms with van der Waals surface area (Å²) in [6.07, 6.45) is 3.35. The minimum Gasteiger partial charge on any atom is -0.316 e. The van der Waals surface area contributed by atoms with Crippen molar-refractivity contribution in [3.05, 3.63) is 40.8 Å². The van der Waals surface area contributed by atoms with Crippen LogP contribution in [0, 0.1) is 5.92 Å². The highest BCUT2D eigenvalue weighted by Gasteiger charge is 2.16. The van der Waals surface area contributed by atoms with Crippen LogP contribution in [0.5, 0.6) is 0 Å². The number of aromatic nitrogens is 3. The van der Waals surface area contributed by atoms with Crippen molar-refractivity contribution < 1.29 is 0 Å². The molecule has 3 heterocycles. The van der Waals surface area contributed by atoms with Gasteiger partial charge in [0.05, 0.1) is 10.2 Å². The van der Waals surface area contributed by atoms with E-state index in [2.05, 4.69) is 50.3 Å². The van der Waals surface area contributed by atoms with Crippen molar-refractivity contribution in [2.75, 3.05) is 18.4 Å². The first-order valence-corrected chi connectivity index (χ1v) is 10.7. The molecule has 3 aromatic rings. The van der Waals surface area contributed by atoms with E-state index in [0.29, 0.717) is 11.0 Å². The summed E-state index contributed by atoms with van der Waals surface area (Å²) in [4.78, 5) is 15.9. The predicted octanol–water partition coefficient (Wildman–Crippen LogP) is 5.28. The molecule has 4 rings (SSSR count). The standard InChI is InChI=1S/C20H24ClN5S/c1-3-18-23-17(21)11-19(24-18)25-20-22-15-5-4-14(10-16(15)27-20)12-26-8-6-13(2)7-9-26/h4-5,10-11,13H,3,6-9,12H2,1-2H3,(H,22,23,24,25). The number of halogens is 1. The van der Waals surface area contributed by atoms with E-state index >= 15 is 0 Å². The third-order valence-electron chi connectivity index (χ3n) is 5.03. The molecule has 1 fully saturated rings. The van der Waals surface area contributed by atoms with Gasteiger partial charge in [0.2, 0.25) is 0 Å². The Morgan fingerprint density at radius 1 is 1.19 bits per heavy atom. The largest absolute Gasteiger partial charge is 0.316 e. The molecule has 0 amide bonds. The fraction of sp³-hybridized carbons (Fsp3) is 0.450. The molecule has 27 heavy (non-hydrogen) atoms. The third kappa shape index (κ3) is 4.57. The van der Waals surface area contributed by atoms with E-state index in [1.54, 1.807) is 17.4 Å². The van der Waals surface area contributed by atoms with Crippen LogP contribution in [0.1, 0.15) is 38.1 Å². The topological polar surface area (TPSA) is 53.9 Å². The highest BCUT2D eigenvalue weighted by Crippen LogP contribution is 2.30. The Kier molecular flexibility index (Phi) is 5.57. The molecule has 0 bridgehead atoms. The van der Waals surface area contributed by atoms with Gasteiger partial charge in [0.15, 0.2) is 5.13 Å². The number of likely N-dealkylation sites (tertiary alicyclic amines) is 1. The number of thiazole rings is 1. The SMILES string of the molecule is CCc1nc(Cl)cc(Nc2nc3ccc(CN4CCC(C)CC4)cc3s2)n1. The third-order valence-corrected chi connectivity index (χ3v) is 6.15. The Morgan fingerprint density at radius 3 is 2.78 bits per heavy atom. The number of nitrogens with zero attached hydrogens (tertiary/aromatic N) is 4. The summed E-state index contributed by atoms with van der Waals surface area (Å²) in [6.45, 7) is 7.78. The van der Waals surface area contributed by atoms with Crippen LogP contribution in [0.2, 0.25) is 5.15 Å². The molecule has 0 aliphatic carbocycles. The maximum atomic E-state index is 6.08. The Hall–Kier alpha value is -1.76. The van der Waals surface area contributed by atoms with Crippen LogP contribution in [0.4, 0.5) is 10.9 Å². The molecule has 1 aromatic carbocycles. The molecule has 1 N–H and O–H groups in total. The molecule has 2 aromatic heterocycles. The lowest BCUT2D eigenvalue weighted by atomic mass is 9.99. The van der Waals surface area contributed by atoms with E-state index in [1.807, 2.05) is 6.92 Å². The number of fused-ring (bicyclic) bond motifs is 1. The minimum atomic E-state index is 0.448. The van der Waals surface area contributed by atoms with Gasteiger partial charge in [-0.25, -0.2) is 15.0 Å². The van der Waals surface area contributed by atoms with Gasteiger partial charge in [-0.3, -0.25) is 4.90 Å². The number of hydrogen-bond donors (Lipinski definition) is 1. The second-order valence-electron chi connectivity index (χ2n) is 7.25.